The van der Waals surface area contributed by atoms with Gasteiger partial charge in [-0.3, -0.25) is 4.79 Å². The van der Waals surface area contributed by atoms with E-state index in [4.69, 9.17) is 5.73 Å². The summed E-state index contributed by atoms with van der Waals surface area (Å²) in [7, 11) is 0. The van der Waals surface area contributed by atoms with Gasteiger partial charge in [-0.25, -0.2) is 0 Å². The molecule has 1 aromatic carbocycles. The molecule has 0 spiro atoms. The molecule has 0 radical (unpaired) electrons. The van der Waals surface area contributed by atoms with Gasteiger partial charge in [0.05, 0.1) is 0 Å². The van der Waals surface area contributed by atoms with Crippen molar-refractivity contribution in [3.63, 3.8) is 0 Å². The van der Waals surface area contributed by atoms with E-state index in [-0.39, 0.29) is 18.0 Å². The Morgan fingerprint density at radius 1 is 1.42 bits per heavy atom. The van der Waals surface area contributed by atoms with E-state index in [0.29, 0.717) is 13.0 Å². The second-order valence-electron chi connectivity index (χ2n) is 5.45. The van der Waals surface area contributed by atoms with Crippen molar-refractivity contribution in [1.29, 1.82) is 0 Å². The highest BCUT2D eigenvalue weighted by Gasteiger charge is 2.32. The van der Waals surface area contributed by atoms with Crippen LogP contribution in [0.2, 0.25) is 0 Å². The highest BCUT2D eigenvalue weighted by Crippen LogP contribution is 2.26. The Kier molecular flexibility index (Phi) is 4.10. The van der Waals surface area contributed by atoms with E-state index in [2.05, 4.69) is 42.3 Å². The molecule has 1 aliphatic rings. The van der Waals surface area contributed by atoms with Crippen molar-refractivity contribution in [2.45, 2.75) is 39.3 Å². The topological polar surface area (TPSA) is 58.4 Å². The minimum Gasteiger partial charge on any atom is -0.357 e. The number of carbonyl (C=O) groups excluding carboxylic acids is 1. The van der Waals surface area contributed by atoms with Gasteiger partial charge >= 0.3 is 0 Å². The summed E-state index contributed by atoms with van der Waals surface area (Å²) in [5, 5.41) is 3.01. The molecule has 1 heterocycles. The molecule has 0 bridgehead atoms. The first-order valence-electron chi connectivity index (χ1n) is 6.87. The fourth-order valence-electron chi connectivity index (χ4n) is 2.69. The maximum atomic E-state index is 12.2. The lowest BCUT2D eigenvalue weighted by molar-refractivity contribution is -0.124. The first kappa shape index (κ1) is 13.9. The van der Waals surface area contributed by atoms with Gasteiger partial charge in [0.1, 0.15) is 6.04 Å². The molecule has 0 aromatic heterocycles. The Bertz CT molecular complexity index is 472. The van der Waals surface area contributed by atoms with Crippen LogP contribution in [0.25, 0.3) is 0 Å². The highest BCUT2D eigenvalue weighted by atomic mass is 16.2. The third kappa shape index (κ3) is 2.89. The molecule has 2 rings (SSSR count). The zero-order chi connectivity index (χ0) is 14.0. The third-order valence-corrected chi connectivity index (χ3v) is 3.65. The minimum atomic E-state index is -0.151. The van der Waals surface area contributed by atoms with Crippen LogP contribution in [0.1, 0.15) is 24.5 Å². The van der Waals surface area contributed by atoms with Crippen LogP contribution in [0.15, 0.2) is 18.2 Å². The largest absolute Gasteiger partial charge is 0.357 e. The molecule has 4 heteroatoms. The van der Waals surface area contributed by atoms with Gasteiger partial charge in [-0.15, -0.1) is 0 Å². The zero-order valence-corrected chi connectivity index (χ0v) is 11.9. The lowest BCUT2D eigenvalue weighted by Gasteiger charge is -2.40. The smallest absolute Gasteiger partial charge is 0.243 e. The number of rotatable bonds is 3. The second kappa shape index (κ2) is 5.61. The van der Waals surface area contributed by atoms with E-state index < -0.39 is 0 Å². The number of carbonyl (C=O) groups is 1. The summed E-state index contributed by atoms with van der Waals surface area (Å²) in [6.45, 7) is 7.56. The summed E-state index contributed by atoms with van der Waals surface area (Å²) in [5.74, 6) is 0.0881. The van der Waals surface area contributed by atoms with Gasteiger partial charge in [0.25, 0.3) is 0 Å². The molecule has 1 amide bonds. The van der Waals surface area contributed by atoms with Crippen LogP contribution < -0.4 is 16.0 Å². The van der Waals surface area contributed by atoms with E-state index in [0.717, 1.165) is 12.2 Å². The lowest BCUT2D eigenvalue weighted by atomic mass is 10.0. The first-order valence-corrected chi connectivity index (χ1v) is 6.87. The molecule has 19 heavy (non-hydrogen) atoms. The van der Waals surface area contributed by atoms with E-state index >= 15 is 0 Å². The van der Waals surface area contributed by atoms with E-state index in [1.54, 1.807) is 0 Å². The number of anilines is 1. The molecule has 2 atom stereocenters. The standard InChI is InChI=1S/C15H23N3O/c1-10-4-5-11(2)14(8-10)18-9-12(3)17-15(19)13(18)6-7-16/h4-5,8,12-13H,6-7,9,16H2,1-3H3,(H,17,19). The summed E-state index contributed by atoms with van der Waals surface area (Å²) < 4.78 is 0. The molecular weight excluding hydrogens is 238 g/mol. The Labute approximate surface area is 115 Å². The molecule has 104 valence electrons. The third-order valence-electron chi connectivity index (χ3n) is 3.65. The fraction of sp³-hybridized carbons (Fsp3) is 0.533. The Balaban J connectivity index is 2.37. The summed E-state index contributed by atoms with van der Waals surface area (Å²) in [6.07, 6.45) is 0.686. The molecule has 1 aliphatic heterocycles. The monoisotopic (exact) mass is 261 g/mol. The maximum absolute atomic E-state index is 12.2. The number of aryl methyl sites for hydroxylation is 2. The van der Waals surface area contributed by atoms with Crippen molar-refractivity contribution in [1.82, 2.24) is 5.32 Å². The van der Waals surface area contributed by atoms with Crippen LogP contribution in [0.4, 0.5) is 5.69 Å². The van der Waals surface area contributed by atoms with Gasteiger partial charge in [-0.1, -0.05) is 12.1 Å². The number of benzene rings is 1. The molecule has 2 unspecified atom stereocenters. The molecule has 1 saturated heterocycles. The SMILES string of the molecule is Cc1ccc(C)c(N2CC(C)NC(=O)C2CCN)c1. The predicted molar refractivity (Wildman–Crippen MR) is 78.3 cm³/mol. The van der Waals surface area contributed by atoms with Crippen molar-refractivity contribution in [2.24, 2.45) is 5.73 Å². The van der Waals surface area contributed by atoms with Gasteiger partial charge in [-0.05, 0) is 50.9 Å². The van der Waals surface area contributed by atoms with Crippen LogP contribution in [-0.2, 0) is 4.79 Å². The van der Waals surface area contributed by atoms with Gasteiger partial charge in [0, 0.05) is 18.3 Å². The normalized spacial score (nSPS) is 23.4. The van der Waals surface area contributed by atoms with Crippen molar-refractivity contribution >= 4 is 11.6 Å². The zero-order valence-electron chi connectivity index (χ0n) is 11.9. The van der Waals surface area contributed by atoms with Crippen LogP contribution in [0.3, 0.4) is 0 Å². The van der Waals surface area contributed by atoms with Crippen molar-refractivity contribution in [3.8, 4) is 0 Å². The van der Waals surface area contributed by atoms with Gasteiger partial charge in [0.15, 0.2) is 0 Å². The molecule has 3 N–H and O–H groups in total. The van der Waals surface area contributed by atoms with E-state index in [1.165, 1.54) is 11.1 Å². The average Bonchev–Trinajstić information content (AvgIpc) is 2.35. The van der Waals surface area contributed by atoms with Crippen LogP contribution in [0, 0.1) is 13.8 Å². The van der Waals surface area contributed by atoms with Gasteiger partial charge in [0.2, 0.25) is 5.91 Å². The minimum absolute atomic E-state index is 0.0881. The number of nitrogens with two attached hydrogens (primary N) is 1. The number of nitrogens with one attached hydrogen (secondary N) is 1. The van der Waals surface area contributed by atoms with Crippen molar-refractivity contribution < 1.29 is 4.79 Å². The fourth-order valence-corrected chi connectivity index (χ4v) is 2.69. The van der Waals surface area contributed by atoms with Crippen molar-refractivity contribution in [3.05, 3.63) is 29.3 Å². The predicted octanol–water partition coefficient (Wildman–Crippen LogP) is 1.35. The van der Waals surface area contributed by atoms with Gasteiger partial charge < -0.3 is 16.0 Å². The number of nitrogens with zero attached hydrogens (tertiary/aromatic N) is 1. The molecule has 1 fully saturated rings. The molecule has 0 aliphatic carbocycles. The van der Waals surface area contributed by atoms with E-state index in [1.807, 2.05) is 6.92 Å². The molecule has 1 aromatic rings. The quantitative estimate of drug-likeness (QED) is 0.863. The molecule has 0 saturated carbocycles. The summed E-state index contributed by atoms with van der Waals surface area (Å²) in [4.78, 5) is 14.4. The van der Waals surface area contributed by atoms with Crippen LogP contribution in [-0.4, -0.2) is 31.1 Å². The summed E-state index contributed by atoms with van der Waals surface area (Å²) in [6, 6.07) is 6.39. The highest BCUT2D eigenvalue weighted by molar-refractivity contribution is 5.87. The Hall–Kier alpha value is -1.55. The second-order valence-corrected chi connectivity index (χ2v) is 5.45. The van der Waals surface area contributed by atoms with Crippen LogP contribution in [0.5, 0.6) is 0 Å². The lowest BCUT2D eigenvalue weighted by Crippen LogP contribution is -2.60. The summed E-state index contributed by atoms with van der Waals surface area (Å²) >= 11 is 0. The summed E-state index contributed by atoms with van der Waals surface area (Å²) in [5.41, 5.74) is 9.23. The first-order chi connectivity index (χ1) is 9.02. The van der Waals surface area contributed by atoms with Crippen molar-refractivity contribution in [2.75, 3.05) is 18.0 Å². The number of amides is 1. The van der Waals surface area contributed by atoms with Gasteiger partial charge in [-0.2, -0.15) is 0 Å². The number of hydrogen-bond acceptors (Lipinski definition) is 3. The average molecular weight is 261 g/mol. The van der Waals surface area contributed by atoms with Crippen LogP contribution >= 0.6 is 0 Å². The Morgan fingerprint density at radius 2 is 2.16 bits per heavy atom. The van der Waals surface area contributed by atoms with E-state index in [9.17, 15) is 4.79 Å². The molecule has 4 nitrogen and oxygen atoms in total. The number of piperazine rings is 1. The Morgan fingerprint density at radius 3 is 2.84 bits per heavy atom. The maximum Gasteiger partial charge on any atom is 0.243 e. The number of hydrogen-bond donors (Lipinski definition) is 2. The molecular formula is C15H23N3O.